The van der Waals surface area contributed by atoms with Gasteiger partial charge in [-0.1, -0.05) is 29.8 Å². The Labute approximate surface area is 182 Å². The molecule has 0 aliphatic heterocycles. The van der Waals surface area contributed by atoms with Crippen molar-refractivity contribution >= 4 is 40.6 Å². The maximum atomic E-state index is 11.9. The summed E-state index contributed by atoms with van der Waals surface area (Å²) in [7, 11) is 0. The minimum absolute atomic E-state index is 0.254. The fourth-order valence-electron chi connectivity index (χ4n) is 2.53. The number of nitrogens with zero attached hydrogens (tertiary/aromatic N) is 1. The van der Waals surface area contributed by atoms with Crippen LogP contribution in [0, 0.1) is 21.8 Å². The fraction of sp³-hybridized carbons (Fsp3) is 0.190. The molecule has 0 aromatic heterocycles. The SMILES string of the molecule is CCOc1cc(/C=C(/C#N)C(=O)NC(N)=O)cc(I)c1OCc1cccc(C)c1. The number of nitrogens with two attached hydrogens (primary N) is 1. The lowest BCUT2D eigenvalue weighted by molar-refractivity contribution is -0.115. The molecule has 0 fully saturated rings. The summed E-state index contributed by atoms with van der Waals surface area (Å²) in [5, 5.41) is 11.1. The molecule has 3 N–H and O–H groups in total. The molecule has 0 aliphatic rings. The van der Waals surface area contributed by atoms with E-state index in [1.165, 1.54) is 6.08 Å². The van der Waals surface area contributed by atoms with Crippen molar-refractivity contribution in [3.8, 4) is 17.6 Å². The van der Waals surface area contributed by atoms with Crippen LogP contribution in [-0.4, -0.2) is 18.5 Å². The number of hydrogen-bond donors (Lipinski definition) is 2. The van der Waals surface area contributed by atoms with Gasteiger partial charge in [-0.25, -0.2) is 4.79 Å². The van der Waals surface area contributed by atoms with Crippen LogP contribution in [0.4, 0.5) is 4.79 Å². The van der Waals surface area contributed by atoms with E-state index in [-0.39, 0.29) is 5.57 Å². The fourth-order valence-corrected chi connectivity index (χ4v) is 3.31. The average Bonchev–Trinajstić information content (AvgIpc) is 2.65. The first kappa shape index (κ1) is 22.2. The molecule has 0 heterocycles. The van der Waals surface area contributed by atoms with Gasteiger partial charge in [-0.3, -0.25) is 10.1 Å². The molecule has 0 radical (unpaired) electrons. The van der Waals surface area contributed by atoms with E-state index in [0.717, 1.165) is 14.7 Å². The Morgan fingerprint density at radius 3 is 2.66 bits per heavy atom. The van der Waals surface area contributed by atoms with Crippen molar-refractivity contribution in [2.45, 2.75) is 20.5 Å². The smallest absolute Gasteiger partial charge is 0.319 e. The Morgan fingerprint density at radius 2 is 2.03 bits per heavy atom. The molecule has 150 valence electrons. The summed E-state index contributed by atoms with van der Waals surface area (Å²) in [4.78, 5) is 22.7. The van der Waals surface area contributed by atoms with Crippen LogP contribution in [0.5, 0.6) is 11.5 Å². The summed E-state index contributed by atoms with van der Waals surface area (Å²) < 4.78 is 12.4. The maximum absolute atomic E-state index is 11.9. The van der Waals surface area contributed by atoms with E-state index < -0.39 is 11.9 Å². The van der Waals surface area contributed by atoms with Crippen molar-refractivity contribution in [1.29, 1.82) is 5.26 Å². The molecule has 0 spiro atoms. The molecule has 2 rings (SSSR count). The number of ether oxygens (including phenoxy) is 2. The second-order valence-corrected chi connectivity index (χ2v) is 7.19. The van der Waals surface area contributed by atoms with Gasteiger partial charge >= 0.3 is 6.03 Å². The zero-order valence-corrected chi connectivity index (χ0v) is 18.1. The molecule has 0 saturated heterocycles. The summed E-state index contributed by atoms with van der Waals surface area (Å²) in [6.07, 6.45) is 1.35. The number of halogens is 1. The highest BCUT2D eigenvalue weighted by Crippen LogP contribution is 2.35. The number of benzene rings is 2. The molecule has 7 nitrogen and oxygen atoms in total. The van der Waals surface area contributed by atoms with Gasteiger partial charge in [-0.15, -0.1) is 0 Å². The van der Waals surface area contributed by atoms with Crippen LogP contribution >= 0.6 is 22.6 Å². The summed E-state index contributed by atoms with van der Waals surface area (Å²) >= 11 is 2.11. The second-order valence-electron chi connectivity index (χ2n) is 6.03. The zero-order chi connectivity index (χ0) is 21.4. The summed E-state index contributed by atoms with van der Waals surface area (Å²) in [5.41, 5.74) is 7.40. The largest absolute Gasteiger partial charge is 0.490 e. The molecular formula is C21H20IN3O4. The van der Waals surface area contributed by atoms with E-state index in [1.807, 2.05) is 43.4 Å². The van der Waals surface area contributed by atoms with Gasteiger partial charge in [0, 0.05) is 0 Å². The Bertz CT molecular complexity index is 996. The molecular weight excluding hydrogens is 485 g/mol. The summed E-state index contributed by atoms with van der Waals surface area (Å²) in [6, 6.07) is 12.2. The lowest BCUT2D eigenvalue weighted by Crippen LogP contribution is -2.35. The number of carbonyl (C=O) groups is 2. The molecule has 2 aromatic carbocycles. The van der Waals surface area contributed by atoms with E-state index in [0.29, 0.717) is 30.3 Å². The molecule has 29 heavy (non-hydrogen) atoms. The van der Waals surface area contributed by atoms with E-state index >= 15 is 0 Å². The van der Waals surface area contributed by atoms with Crippen LogP contribution in [0.15, 0.2) is 42.0 Å². The molecule has 0 atom stereocenters. The number of rotatable bonds is 7. The van der Waals surface area contributed by atoms with Gasteiger partial charge in [0.25, 0.3) is 5.91 Å². The predicted molar refractivity (Wildman–Crippen MR) is 117 cm³/mol. The van der Waals surface area contributed by atoms with Gasteiger partial charge in [0.05, 0.1) is 10.2 Å². The Kier molecular flexibility index (Phi) is 8.03. The number of aryl methyl sites for hydroxylation is 1. The number of hydrogen-bond acceptors (Lipinski definition) is 5. The highest BCUT2D eigenvalue weighted by atomic mass is 127. The minimum Gasteiger partial charge on any atom is -0.490 e. The van der Waals surface area contributed by atoms with Gasteiger partial charge in [-0.2, -0.15) is 5.26 Å². The number of nitrogens with one attached hydrogen (secondary N) is 1. The second kappa shape index (κ2) is 10.5. The average molecular weight is 505 g/mol. The zero-order valence-electron chi connectivity index (χ0n) is 16.0. The number of nitriles is 1. The first-order chi connectivity index (χ1) is 13.8. The monoisotopic (exact) mass is 505 g/mol. The Hall–Kier alpha value is -3.06. The number of carbonyl (C=O) groups excluding carboxylic acids is 2. The third-order valence-corrected chi connectivity index (χ3v) is 4.51. The van der Waals surface area contributed by atoms with E-state index in [1.54, 1.807) is 18.2 Å². The van der Waals surface area contributed by atoms with Crippen LogP contribution in [0.2, 0.25) is 0 Å². The first-order valence-electron chi connectivity index (χ1n) is 8.71. The molecule has 8 heteroatoms. The quantitative estimate of drug-likeness (QED) is 0.339. The standard InChI is InChI=1S/C21H20IN3O4/c1-3-28-18-10-15(8-16(11-23)20(26)25-21(24)27)9-17(22)19(18)29-12-14-6-4-5-13(2)7-14/h4-10H,3,12H2,1-2H3,(H3,24,25,26,27)/b16-8-. The molecule has 2 aromatic rings. The van der Waals surface area contributed by atoms with Gasteiger partial charge in [0.15, 0.2) is 11.5 Å². The van der Waals surface area contributed by atoms with Crippen LogP contribution < -0.4 is 20.5 Å². The highest BCUT2D eigenvalue weighted by molar-refractivity contribution is 14.1. The predicted octanol–water partition coefficient (Wildman–Crippen LogP) is 3.68. The van der Waals surface area contributed by atoms with Crippen molar-refractivity contribution in [1.82, 2.24) is 5.32 Å². The van der Waals surface area contributed by atoms with Crippen LogP contribution in [0.3, 0.4) is 0 Å². The normalized spacial score (nSPS) is 10.8. The summed E-state index contributed by atoms with van der Waals surface area (Å²) in [6.45, 7) is 4.65. The lowest BCUT2D eigenvalue weighted by Gasteiger charge is -2.15. The van der Waals surface area contributed by atoms with Crippen LogP contribution in [0.25, 0.3) is 6.08 Å². The third-order valence-electron chi connectivity index (χ3n) is 3.71. The first-order valence-corrected chi connectivity index (χ1v) is 9.79. The molecule has 0 bridgehead atoms. The number of imide groups is 1. The third kappa shape index (κ3) is 6.50. The molecule has 0 saturated carbocycles. The van der Waals surface area contributed by atoms with Crippen LogP contribution in [0.1, 0.15) is 23.6 Å². The Balaban J connectivity index is 2.33. The van der Waals surface area contributed by atoms with E-state index in [2.05, 4.69) is 22.6 Å². The van der Waals surface area contributed by atoms with Crippen molar-refractivity contribution in [2.24, 2.45) is 5.73 Å². The minimum atomic E-state index is -1.03. The summed E-state index contributed by atoms with van der Waals surface area (Å²) in [5.74, 6) is 0.199. The topological polar surface area (TPSA) is 114 Å². The van der Waals surface area contributed by atoms with Gasteiger partial charge < -0.3 is 15.2 Å². The number of primary amides is 1. The molecule has 0 unspecified atom stereocenters. The van der Waals surface area contributed by atoms with Gasteiger partial charge in [0.2, 0.25) is 0 Å². The van der Waals surface area contributed by atoms with Crippen molar-refractivity contribution in [3.63, 3.8) is 0 Å². The lowest BCUT2D eigenvalue weighted by atomic mass is 10.1. The highest BCUT2D eigenvalue weighted by Gasteiger charge is 2.15. The van der Waals surface area contributed by atoms with E-state index in [4.69, 9.17) is 15.2 Å². The van der Waals surface area contributed by atoms with Crippen molar-refractivity contribution in [3.05, 3.63) is 62.2 Å². The van der Waals surface area contributed by atoms with Crippen molar-refractivity contribution in [2.75, 3.05) is 6.61 Å². The van der Waals surface area contributed by atoms with E-state index in [9.17, 15) is 14.9 Å². The Morgan fingerprint density at radius 1 is 1.28 bits per heavy atom. The van der Waals surface area contributed by atoms with Crippen LogP contribution in [-0.2, 0) is 11.4 Å². The molecule has 0 aliphatic carbocycles. The number of amides is 3. The van der Waals surface area contributed by atoms with Gasteiger partial charge in [0.1, 0.15) is 18.2 Å². The van der Waals surface area contributed by atoms with Crippen molar-refractivity contribution < 1.29 is 19.1 Å². The number of urea groups is 1. The maximum Gasteiger partial charge on any atom is 0.319 e. The van der Waals surface area contributed by atoms with Gasteiger partial charge in [-0.05, 0) is 65.8 Å². The molecule has 3 amide bonds.